The summed E-state index contributed by atoms with van der Waals surface area (Å²) in [7, 11) is 0. The zero-order valence-corrected chi connectivity index (χ0v) is 9.16. The van der Waals surface area contributed by atoms with Gasteiger partial charge in [0.15, 0.2) is 0 Å². The first-order chi connectivity index (χ1) is 7.27. The van der Waals surface area contributed by atoms with Crippen LogP contribution in [0, 0.1) is 0 Å². The Balaban J connectivity index is 2.33. The number of fused-ring (bicyclic) bond motifs is 1. The molecule has 0 saturated heterocycles. The minimum Gasteiger partial charge on any atom is -0.355 e. The zero-order valence-electron chi connectivity index (χ0n) is 9.16. The Kier molecular flexibility index (Phi) is 3.02. The topological polar surface area (TPSA) is 33.6 Å². The fourth-order valence-corrected chi connectivity index (χ4v) is 1.59. The third-order valence-corrected chi connectivity index (χ3v) is 2.53. The molecule has 15 heavy (non-hydrogen) atoms. The van der Waals surface area contributed by atoms with Crippen LogP contribution in [0.4, 0.5) is 5.69 Å². The zero-order chi connectivity index (χ0) is 10.7. The number of rotatable bonds is 1. The fourth-order valence-electron chi connectivity index (χ4n) is 1.59. The van der Waals surface area contributed by atoms with Crippen molar-refractivity contribution in [2.24, 2.45) is 4.99 Å². The summed E-state index contributed by atoms with van der Waals surface area (Å²) in [6.07, 6.45) is 1.69. The first-order valence-electron chi connectivity index (χ1n) is 5.23. The van der Waals surface area contributed by atoms with E-state index in [1.165, 1.54) is 11.1 Å². The molecule has 0 amide bonds. The van der Waals surface area contributed by atoms with Gasteiger partial charge in [0.05, 0.1) is 12.9 Å². The van der Waals surface area contributed by atoms with E-state index >= 15 is 0 Å². The number of hydrogen-bond acceptors (Lipinski definition) is 3. The van der Waals surface area contributed by atoms with Gasteiger partial charge in [0.1, 0.15) is 6.73 Å². The van der Waals surface area contributed by atoms with Crippen molar-refractivity contribution in [1.29, 1.82) is 0 Å². The van der Waals surface area contributed by atoms with Gasteiger partial charge in [-0.15, -0.1) is 0 Å². The van der Waals surface area contributed by atoms with Crippen LogP contribution in [-0.4, -0.2) is 13.1 Å². The predicted molar refractivity (Wildman–Crippen MR) is 62.3 cm³/mol. The summed E-state index contributed by atoms with van der Waals surface area (Å²) in [6, 6.07) is 6.43. The highest BCUT2D eigenvalue weighted by Crippen LogP contribution is 2.23. The Hall–Kier alpha value is -1.35. The van der Waals surface area contributed by atoms with Crippen molar-refractivity contribution in [3.63, 3.8) is 0 Å². The van der Waals surface area contributed by atoms with E-state index < -0.39 is 0 Å². The van der Waals surface area contributed by atoms with Gasteiger partial charge in [-0.3, -0.25) is 0 Å². The quantitative estimate of drug-likeness (QED) is 0.763. The largest absolute Gasteiger partial charge is 0.355 e. The van der Waals surface area contributed by atoms with Crippen molar-refractivity contribution in [2.75, 3.05) is 12.0 Å². The Bertz CT molecular complexity index is 372. The molecule has 2 rings (SSSR count). The Morgan fingerprint density at radius 2 is 2.27 bits per heavy atom. The first-order valence-corrected chi connectivity index (χ1v) is 5.23. The maximum Gasteiger partial charge on any atom is 0.139 e. The third-order valence-electron chi connectivity index (χ3n) is 2.53. The molecule has 0 atom stereocenters. The first kappa shape index (κ1) is 10.2. The summed E-state index contributed by atoms with van der Waals surface area (Å²) in [4.78, 5) is 4.03. The molecule has 0 saturated carbocycles. The molecule has 1 N–H and O–H groups in total. The van der Waals surface area contributed by atoms with Gasteiger partial charge in [-0.2, -0.15) is 0 Å². The monoisotopic (exact) mass is 204 g/mol. The summed E-state index contributed by atoms with van der Waals surface area (Å²) in [5, 5.41) is 3.16. The van der Waals surface area contributed by atoms with E-state index in [4.69, 9.17) is 4.74 Å². The van der Waals surface area contributed by atoms with Crippen LogP contribution in [-0.2, 0) is 11.3 Å². The minimum absolute atomic E-state index is 0.429. The van der Waals surface area contributed by atoms with Crippen molar-refractivity contribution in [1.82, 2.24) is 0 Å². The molecule has 0 aromatic heterocycles. The van der Waals surface area contributed by atoms with Crippen LogP contribution >= 0.6 is 0 Å². The number of nitrogens with one attached hydrogen (secondary N) is 1. The maximum atomic E-state index is 5.40. The second-order valence-corrected chi connectivity index (χ2v) is 4.00. The summed E-state index contributed by atoms with van der Waals surface area (Å²) >= 11 is 0. The molecule has 1 heterocycles. The average molecular weight is 204 g/mol. The molecule has 1 aromatic carbocycles. The van der Waals surface area contributed by atoms with Crippen molar-refractivity contribution in [3.8, 4) is 0 Å². The summed E-state index contributed by atoms with van der Waals surface area (Å²) in [5.74, 6) is 0.550. The molecular weight excluding hydrogens is 188 g/mol. The third kappa shape index (κ3) is 2.36. The number of hydrogen-bond donors (Lipinski definition) is 1. The standard InChI is InChI=1S/C12H16N2O/c1-9(2)10-3-4-12-11(5-10)6-15-8-13-7-14-12/h3-5,7,9H,6,8H2,1-2H3,(H,13,14). The van der Waals surface area contributed by atoms with E-state index in [-0.39, 0.29) is 0 Å². The Morgan fingerprint density at radius 1 is 1.40 bits per heavy atom. The lowest BCUT2D eigenvalue weighted by Crippen LogP contribution is -2.07. The van der Waals surface area contributed by atoms with Gasteiger partial charge < -0.3 is 10.1 Å². The number of ether oxygens (including phenoxy) is 1. The molecule has 1 aliphatic heterocycles. The molecule has 0 bridgehead atoms. The van der Waals surface area contributed by atoms with Gasteiger partial charge in [0, 0.05) is 11.3 Å². The van der Waals surface area contributed by atoms with Crippen LogP contribution in [0.3, 0.4) is 0 Å². The number of anilines is 1. The highest BCUT2D eigenvalue weighted by atomic mass is 16.5. The van der Waals surface area contributed by atoms with Crippen molar-refractivity contribution in [3.05, 3.63) is 29.3 Å². The van der Waals surface area contributed by atoms with Crippen LogP contribution in [0.2, 0.25) is 0 Å². The van der Waals surface area contributed by atoms with E-state index in [1.54, 1.807) is 6.34 Å². The lowest BCUT2D eigenvalue weighted by molar-refractivity contribution is 0.129. The van der Waals surface area contributed by atoms with Gasteiger partial charge in [-0.25, -0.2) is 4.99 Å². The average Bonchev–Trinajstić information content (AvgIpc) is 2.18. The molecule has 3 heteroatoms. The van der Waals surface area contributed by atoms with E-state index in [2.05, 4.69) is 42.4 Å². The van der Waals surface area contributed by atoms with Gasteiger partial charge >= 0.3 is 0 Å². The van der Waals surface area contributed by atoms with Gasteiger partial charge in [-0.05, 0) is 17.5 Å². The van der Waals surface area contributed by atoms with Gasteiger partial charge in [-0.1, -0.05) is 26.0 Å². The smallest absolute Gasteiger partial charge is 0.139 e. The highest BCUT2D eigenvalue weighted by Gasteiger charge is 2.07. The molecule has 0 unspecified atom stereocenters. The van der Waals surface area contributed by atoms with E-state index in [9.17, 15) is 0 Å². The molecule has 3 nitrogen and oxygen atoms in total. The number of aliphatic imine (C=N–C) groups is 1. The minimum atomic E-state index is 0.429. The summed E-state index contributed by atoms with van der Waals surface area (Å²) < 4.78 is 5.40. The fraction of sp³-hybridized carbons (Fsp3) is 0.417. The second-order valence-electron chi connectivity index (χ2n) is 4.00. The Labute approximate surface area is 90.2 Å². The van der Waals surface area contributed by atoms with E-state index in [0.29, 0.717) is 19.3 Å². The van der Waals surface area contributed by atoms with Crippen LogP contribution in [0.15, 0.2) is 23.2 Å². The predicted octanol–water partition coefficient (Wildman–Crippen LogP) is 2.74. The van der Waals surface area contributed by atoms with E-state index in [0.717, 1.165) is 5.69 Å². The normalized spacial score (nSPS) is 15.4. The molecular formula is C12H16N2O. The van der Waals surface area contributed by atoms with Gasteiger partial charge in [0.2, 0.25) is 0 Å². The molecule has 0 spiro atoms. The van der Waals surface area contributed by atoms with Crippen LogP contribution in [0.1, 0.15) is 30.9 Å². The van der Waals surface area contributed by atoms with Crippen LogP contribution in [0.25, 0.3) is 0 Å². The lowest BCUT2D eigenvalue weighted by Gasteiger charge is -2.15. The van der Waals surface area contributed by atoms with Crippen molar-refractivity contribution >= 4 is 12.0 Å². The second kappa shape index (κ2) is 4.45. The van der Waals surface area contributed by atoms with Crippen LogP contribution < -0.4 is 5.32 Å². The molecule has 0 fully saturated rings. The molecule has 80 valence electrons. The molecule has 0 aliphatic carbocycles. The lowest BCUT2D eigenvalue weighted by atomic mass is 10.00. The van der Waals surface area contributed by atoms with Crippen LogP contribution in [0.5, 0.6) is 0 Å². The number of nitrogens with zero attached hydrogens (tertiary/aromatic N) is 1. The Morgan fingerprint density at radius 3 is 3.07 bits per heavy atom. The SMILES string of the molecule is CC(C)c1ccc2c(c1)COCN=CN2. The highest BCUT2D eigenvalue weighted by molar-refractivity contribution is 5.77. The summed E-state index contributed by atoms with van der Waals surface area (Å²) in [6.45, 7) is 5.44. The van der Waals surface area contributed by atoms with E-state index in [1.807, 2.05) is 0 Å². The number of benzene rings is 1. The molecule has 1 aromatic rings. The van der Waals surface area contributed by atoms with Gasteiger partial charge in [0.25, 0.3) is 0 Å². The van der Waals surface area contributed by atoms with Crippen molar-refractivity contribution < 1.29 is 4.74 Å². The maximum absolute atomic E-state index is 5.40. The molecule has 1 aliphatic rings. The summed E-state index contributed by atoms with van der Waals surface area (Å²) in [5.41, 5.74) is 3.63. The molecule has 0 radical (unpaired) electrons. The van der Waals surface area contributed by atoms with Crippen molar-refractivity contribution in [2.45, 2.75) is 26.4 Å².